The van der Waals surface area contributed by atoms with Gasteiger partial charge in [0.15, 0.2) is 0 Å². The fraction of sp³-hybridized carbons (Fsp3) is 0.455. The molecule has 0 spiro atoms. The summed E-state index contributed by atoms with van der Waals surface area (Å²) >= 11 is 0. The molecular weight excluding hydrogens is 198 g/mol. The first-order valence-corrected chi connectivity index (χ1v) is 5.04. The second-order valence-corrected chi connectivity index (χ2v) is 3.87. The van der Waals surface area contributed by atoms with Crippen LogP contribution in [0.3, 0.4) is 0 Å². The number of benzene rings is 1. The standard InChI is InChI=1S/C11H14F2N2/c1-15-5-4-14-7-11(15)9-6-8(12)2-3-10(9)13/h2-3,6,11,14H,4-5,7H2,1H3/t11-/m0/s1. The van der Waals surface area contributed by atoms with Gasteiger partial charge in [-0.25, -0.2) is 8.78 Å². The molecule has 1 saturated heterocycles. The van der Waals surface area contributed by atoms with E-state index >= 15 is 0 Å². The summed E-state index contributed by atoms with van der Waals surface area (Å²) in [4.78, 5) is 2.04. The maximum atomic E-state index is 13.5. The maximum absolute atomic E-state index is 13.5. The third-order valence-electron chi connectivity index (χ3n) is 2.83. The number of halogens is 2. The number of hydrogen-bond donors (Lipinski definition) is 1. The van der Waals surface area contributed by atoms with Crippen LogP contribution in [0, 0.1) is 11.6 Å². The van der Waals surface area contributed by atoms with Gasteiger partial charge in [0.25, 0.3) is 0 Å². The van der Waals surface area contributed by atoms with Gasteiger partial charge in [-0.2, -0.15) is 0 Å². The van der Waals surface area contributed by atoms with Gasteiger partial charge in [0.05, 0.1) is 0 Å². The van der Waals surface area contributed by atoms with Crippen molar-refractivity contribution in [1.82, 2.24) is 10.2 Å². The highest BCUT2D eigenvalue weighted by Gasteiger charge is 2.23. The van der Waals surface area contributed by atoms with E-state index in [1.54, 1.807) is 0 Å². The van der Waals surface area contributed by atoms with Crippen LogP contribution in [0.4, 0.5) is 8.78 Å². The lowest BCUT2D eigenvalue weighted by molar-refractivity contribution is 0.198. The van der Waals surface area contributed by atoms with Gasteiger partial charge in [-0.05, 0) is 25.2 Å². The Bertz CT molecular complexity index is 354. The summed E-state index contributed by atoms with van der Waals surface area (Å²) < 4.78 is 26.5. The van der Waals surface area contributed by atoms with Crippen LogP contribution < -0.4 is 5.32 Å². The molecule has 1 aromatic carbocycles. The predicted octanol–water partition coefficient (Wildman–Crippen LogP) is 1.54. The second-order valence-electron chi connectivity index (χ2n) is 3.87. The molecule has 0 unspecified atom stereocenters. The van der Waals surface area contributed by atoms with E-state index in [-0.39, 0.29) is 17.7 Å². The smallest absolute Gasteiger partial charge is 0.128 e. The Hall–Kier alpha value is -1.00. The lowest BCUT2D eigenvalue weighted by atomic mass is 10.0. The summed E-state index contributed by atoms with van der Waals surface area (Å²) in [6.07, 6.45) is 0. The molecule has 1 N–H and O–H groups in total. The topological polar surface area (TPSA) is 15.3 Å². The number of piperazine rings is 1. The molecule has 1 aromatic rings. The van der Waals surface area contributed by atoms with E-state index in [1.807, 2.05) is 11.9 Å². The monoisotopic (exact) mass is 212 g/mol. The van der Waals surface area contributed by atoms with Gasteiger partial charge < -0.3 is 5.32 Å². The summed E-state index contributed by atoms with van der Waals surface area (Å²) in [5.74, 6) is -0.720. The molecule has 2 rings (SSSR count). The Labute approximate surface area is 87.9 Å². The molecule has 1 fully saturated rings. The zero-order chi connectivity index (χ0) is 10.8. The molecule has 0 radical (unpaired) electrons. The molecule has 0 bridgehead atoms. The van der Waals surface area contributed by atoms with E-state index in [1.165, 1.54) is 12.1 Å². The average molecular weight is 212 g/mol. The highest BCUT2D eigenvalue weighted by atomic mass is 19.1. The fourth-order valence-corrected chi connectivity index (χ4v) is 1.92. The Kier molecular flexibility index (Phi) is 2.98. The number of likely N-dealkylation sites (N-methyl/N-ethyl adjacent to an activating group) is 1. The van der Waals surface area contributed by atoms with Crippen molar-refractivity contribution in [2.45, 2.75) is 6.04 Å². The Morgan fingerprint density at radius 2 is 2.20 bits per heavy atom. The minimum atomic E-state index is -0.384. The van der Waals surface area contributed by atoms with Crippen molar-refractivity contribution in [3.63, 3.8) is 0 Å². The first-order chi connectivity index (χ1) is 7.18. The third-order valence-corrected chi connectivity index (χ3v) is 2.83. The summed E-state index contributed by atoms with van der Waals surface area (Å²) in [7, 11) is 1.93. The molecule has 1 aliphatic rings. The van der Waals surface area contributed by atoms with E-state index in [0.717, 1.165) is 19.2 Å². The Morgan fingerprint density at radius 3 is 2.93 bits per heavy atom. The lowest BCUT2D eigenvalue weighted by Crippen LogP contribution is -2.44. The quantitative estimate of drug-likeness (QED) is 0.759. The molecule has 15 heavy (non-hydrogen) atoms. The highest BCUT2D eigenvalue weighted by molar-refractivity contribution is 5.23. The van der Waals surface area contributed by atoms with Crippen molar-refractivity contribution in [2.75, 3.05) is 26.7 Å². The van der Waals surface area contributed by atoms with Crippen LogP contribution in [0.15, 0.2) is 18.2 Å². The molecule has 82 valence electrons. The molecule has 0 saturated carbocycles. The molecule has 4 heteroatoms. The summed E-state index contributed by atoms with van der Waals surface area (Å²) in [6.45, 7) is 2.40. The minimum Gasteiger partial charge on any atom is -0.314 e. The van der Waals surface area contributed by atoms with Crippen molar-refractivity contribution in [3.05, 3.63) is 35.4 Å². The normalized spacial score (nSPS) is 23.0. The van der Waals surface area contributed by atoms with Crippen LogP contribution in [-0.4, -0.2) is 31.6 Å². The largest absolute Gasteiger partial charge is 0.314 e. The predicted molar refractivity (Wildman–Crippen MR) is 54.6 cm³/mol. The second kappa shape index (κ2) is 4.24. The van der Waals surface area contributed by atoms with Crippen LogP contribution in [0.25, 0.3) is 0 Å². The summed E-state index contributed by atoms with van der Waals surface area (Å²) in [6, 6.07) is 3.54. The minimum absolute atomic E-state index is 0.0746. The van der Waals surface area contributed by atoms with Crippen molar-refractivity contribution >= 4 is 0 Å². The van der Waals surface area contributed by atoms with Crippen LogP contribution in [0.2, 0.25) is 0 Å². The van der Waals surface area contributed by atoms with Crippen molar-refractivity contribution in [2.24, 2.45) is 0 Å². The SMILES string of the molecule is CN1CCNC[C@H]1c1cc(F)ccc1F. The van der Waals surface area contributed by atoms with Crippen molar-refractivity contribution < 1.29 is 8.78 Å². The van der Waals surface area contributed by atoms with Crippen LogP contribution >= 0.6 is 0 Å². The van der Waals surface area contributed by atoms with E-state index in [9.17, 15) is 8.78 Å². The van der Waals surface area contributed by atoms with E-state index < -0.39 is 0 Å². The highest BCUT2D eigenvalue weighted by Crippen LogP contribution is 2.23. The van der Waals surface area contributed by atoms with Gasteiger partial charge >= 0.3 is 0 Å². The van der Waals surface area contributed by atoms with Gasteiger partial charge in [-0.15, -0.1) is 0 Å². The van der Waals surface area contributed by atoms with Gasteiger partial charge in [0, 0.05) is 31.2 Å². The molecule has 2 nitrogen and oxygen atoms in total. The molecule has 0 aromatic heterocycles. The first-order valence-electron chi connectivity index (χ1n) is 5.04. The van der Waals surface area contributed by atoms with Gasteiger partial charge in [0.1, 0.15) is 11.6 Å². The average Bonchev–Trinajstić information content (AvgIpc) is 2.23. The van der Waals surface area contributed by atoms with Gasteiger partial charge in [-0.3, -0.25) is 4.90 Å². The van der Waals surface area contributed by atoms with Gasteiger partial charge in [-0.1, -0.05) is 0 Å². The van der Waals surface area contributed by atoms with Gasteiger partial charge in [0.2, 0.25) is 0 Å². The number of rotatable bonds is 1. The molecule has 0 amide bonds. The molecule has 0 aliphatic carbocycles. The maximum Gasteiger partial charge on any atom is 0.128 e. The Morgan fingerprint density at radius 1 is 1.40 bits per heavy atom. The van der Waals surface area contributed by atoms with Crippen LogP contribution in [0.1, 0.15) is 11.6 Å². The van der Waals surface area contributed by atoms with Crippen molar-refractivity contribution in [1.29, 1.82) is 0 Å². The number of nitrogens with zero attached hydrogens (tertiary/aromatic N) is 1. The van der Waals surface area contributed by atoms with E-state index in [0.29, 0.717) is 12.1 Å². The third kappa shape index (κ3) is 2.16. The zero-order valence-corrected chi connectivity index (χ0v) is 8.63. The summed E-state index contributed by atoms with van der Waals surface area (Å²) in [5.41, 5.74) is 0.435. The van der Waals surface area contributed by atoms with E-state index in [4.69, 9.17) is 0 Å². The molecule has 1 heterocycles. The summed E-state index contributed by atoms with van der Waals surface area (Å²) in [5, 5.41) is 3.18. The van der Waals surface area contributed by atoms with Crippen molar-refractivity contribution in [3.8, 4) is 0 Å². The zero-order valence-electron chi connectivity index (χ0n) is 8.63. The number of hydrogen-bond acceptors (Lipinski definition) is 2. The lowest BCUT2D eigenvalue weighted by Gasteiger charge is -2.33. The molecular formula is C11H14F2N2. The number of nitrogens with one attached hydrogen (secondary N) is 1. The van der Waals surface area contributed by atoms with Crippen LogP contribution in [-0.2, 0) is 0 Å². The fourth-order valence-electron chi connectivity index (χ4n) is 1.92. The van der Waals surface area contributed by atoms with Crippen LogP contribution in [0.5, 0.6) is 0 Å². The molecule has 1 aliphatic heterocycles. The van der Waals surface area contributed by atoms with E-state index in [2.05, 4.69) is 5.32 Å². The molecule has 1 atom stereocenters. The Balaban J connectivity index is 2.30. The first kappa shape index (κ1) is 10.5.